The maximum Gasteiger partial charge on any atom is 0.341 e. The van der Waals surface area contributed by atoms with Gasteiger partial charge in [0.2, 0.25) is 5.91 Å². The summed E-state index contributed by atoms with van der Waals surface area (Å²) in [5.41, 5.74) is 6.09. The van der Waals surface area contributed by atoms with Gasteiger partial charge >= 0.3 is 5.97 Å². The van der Waals surface area contributed by atoms with E-state index >= 15 is 0 Å². The summed E-state index contributed by atoms with van der Waals surface area (Å²) >= 11 is 0. The van der Waals surface area contributed by atoms with Gasteiger partial charge in [-0.2, -0.15) is 0 Å². The van der Waals surface area contributed by atoms with Crippen LogP contribution in [0, 0.1) is 20.8 Å². The zero-order valence-corrected chi connectivity index (χ0v) is 19.8. The van der Waals surface area contributed by atoms with Crippen LogP contribution in [-0.4, -0.2) is 41.6 Å². The molecule has 0 aliphatic carbocycles. The van der Waals surface area contributed by atoms with Gasteiger partial charge < -0.3 is 19.5 Å². The van der Waals surface area contributed by atoms with E-state index in [9.17, 15) is 9.59 Å². The van der Waals surface area contributed by atoms with E-state index in [0.29, 0.717) is 31.2 Å². The monoisotopic (exact) mass is 439 g/mol. The Morgan fingerprint density at radius 2 is 1.59 bits per heavy atom. The van der Waals surface area contributed by atoms with Gasteiger partial charge in [0, 0.05) is 19.2 Å². The van der Waals surface area contributed by atoms with E-state index in [1.54, 1.807) is 23.1 Å². The lowest BCUT2D eigenvalue weighted by atomic mass is 10.0. The minimum Gasteiger partial charge on any atom is -0.485 e. The van der Waals surface area contributed by atoms with Crippen molar-refractivity contribution < 1.29 is 24.2 Å². The van der Waals surface area contributed by atoms with E-state index in [-0.39, 0.29) is 5.91 Å². The van der Waals surface area contributed by atoms with Crippen LogP contribution in [0.15, 0.2) is 36.4 Å². The van der Waals surface area contributed by atoms with E-state index < -0.39 is 12.6 Å². The number of carboxylic acid groups (broad SMARTS) is 1. The van der Waals surface area contributed by atoms with Gasteiger partial charge in [0.15, 0.2) is 18.1 Å². The van der Waals surface area contributed by atoms with Gasteiger partial charge in [0.1, 0.15) is 6.61 Å². The van der Waals surface area contributed by atoms with Gasteiger partial charge in [-0.05, 0) is 81.5 Å². The summed E-state index contributed by atoms with van der Waals surface area (Å²) in [7, 11) is 0. The summed E-state index contributed by atoms with van der Waals surface area (Å²) in [6, 6.07) is 9.54. The molecule has 0 radical (unpaired) electrons. The molecule has 1 N–H and O–H groups in total. The third-order valence-corrected chi connectivity index (χ3v) is 5.38. The molecule has 0 bridgehead atoms. The Kier molecular flexibility index (Phi) is 8.88. The molecule has 6 nitrogen and oxygen atoms in total. The van der Waals surface area contributed by atoms with Crippen LogP contribution in [0.25, 0.3) is 5.57 Å². The van der Waals surface area contributed by atoms with Crippen LogP contribution in [-0.2, 0) is 16.2 Å². The first kappa shape index (κ1) is 25.0. The summed E-state index contributed by atoms with van der Waals surface area (Å²) in [6.07, 6.45) is 1.59. The van der Waals surface area contributed by atoms with Crippen molar-refractivity contribution in [2.45, 2.75) is 48.1 Å². The third-order valence-electron chi connectivity index (χ3n) is 5.38. The van der Waals surface area contributed by atoms with E-state index in [0.717, 1.165) is 27.8 Å². The van der Waals surface area contributed by atoms with Crippen molar-refractivity contribution in [2.24, 2.45) is 0 Å². The molecule has 0 aliphatic heterocycles. The highest BCUT2D eigenvalue weighted by Gasteiger charge is 2.13. The molecule has 172 valence electrons. The topological polar surface area (TPSA) is 76.1 Å². The van der Waals surface area contributed by atoms with Crippen LogP contribution in [0.5, 0.6) is 11.5 Å². The number of carboxylic acids is 1. The lowest BCUT2D eigenvalue weighted by molar-refractivity contribution is -0.139. The molecule has 32 heavy (non-hydrogen) atoms. The van der Waals surface area contributed by atoms with E-state index in [2.05, 4.69) is 19.1 Å². The van der Waals surface area contributed by atoms with E-state index in [1.807, 2.05) is 40.7 Å². The Morgan fingerprint density at radius 1 is 0.969 bits per heavy atom. The molecule has 0 saturated carbocycles. The predicted octanol–water partition coefficient (Wildman–Crippen LogP) is 4.93. The molecule has 2 aromatic rings. The number of ether oxygens (including phenoxy) is 2. The van der Waals surface area contributed by atoms with Gasteiger partial charge in [-0.15, -0.1) is 0 Å². The fourth-order valence-electron chi connectivity index (χ4n) is 3.61. The van der Waals surface area contributed by atoms with Crippen molar-refractivity contribution in [3.8, 4) is 11.5 Å². The molecule has 0 heterocycles. The molecule has 0 aliphatic rings. The van der Waals surface area contributed by atoms with Crippen LogP contribution in [0.2, 0.25) is 0 Å². The number of aliphatic carboxylic acids is 1. The molecule has 2 aromatic carbocycles. The minimum atomic E-state index is -1.07. The van der Waals surface area contributed by atoms with Crippen molar-refractivity contribution >= 4 is 17.4 Å². The number of allylic oxidation sites excluding steroid dienone is 1. The number of carbonyl (C=O) groups is 2. The summed E-state index contributed by atoms with van der Waals surface area (Å²) in [6.45, 7) is 13.0. The van der Waals surface area contributed by atoms with Crippen LogP contribution < -0.4 is 9.47 Å². The van der Waals surface area contributed by atoms with Crippen LogP contribution >= 0.6 is 0 Å². The maximum atomic E-state index is 12.4. The first-order chi connectivity index (χ1) is 15.2. The van der Waals surface area contributed by atoms with Crippen molar-refractivity contribution in [3.63, 3.8) is 0 Å². The second-order valence-corrected chi connectivity index (χ2v) is 7.85. The largest absolute Gasteiger partial charge is 0.485 e. The number of rotatable bonds is 10. The minimum absolute atomic E-state index is 0.0637. The Hall–Kier alpha value is -3.28. The first-order valence-electron chi connectivity index (χ1n) is 10.8. The summed E-state index contributed by atoms with van der Waals surface area (Å²) < 4.78 is 11.5. The normalized spacial score (nSPS) is 11.2. The van der Waals surface area contributed by atoms with Crippen molar-refractivity contribution in [2.75, 3.05) is 19.7 Å². The molecule has 0 spiro atoms. The Bertz CT molecular complexity index is 982. The molecule has 0 fully saturated rings. The van der Waals surface area contributed by atoms with Crippen LogP contribution in [0.3, 0.4) is 0 Å². The van der Waals surface area contributed by atoms with Crippen molar-refractivity contribution in [1.29, 1.82) is 0 Å². The Balaban J connectivity index is 2.32. The Morgan fingerprint density at radius 3 is 2.16 bits per heavy atom. The third kappa shape index (κ3) is 6.61. The molecular weight excluding hydrogens is 406 g/mol. The average Bonchev–Trinajstić information content (AvgIpc) is 2.72. The molecule has 2 rings (SSSR count). The number of carbonyl (C=O) groups excluding carboxylic acids is 1. The zero-order chi connectivity index (χ0) is 23.8. The van der Waals surface area contributed by atoms with Gasteiger partial charge in [0.05, 0.1) is 0 Å². The number of likely N-dealkylation sites (N-methyl/N-ethyl adjacent to an activating group) is 1. The van der Waals surface area contributed by atoms with Crippen LogP contribution in [0.4, 0.5) is 0 Å². The van der Waals surface area contributed by atoms with Crippen LogP contribution in [0.1, 0.15) is 48.6 Å². The quantitative estimate of drug-likeness (QED) is 0.532. The van der Waals surface area contributed by atoms with E-state index in [4.69, 9.17) is 14.6 Å². The number of amides is 1. The van der Waals surface area contributed by atoms with Crippen molar-refractivity contribution in [3.05, 3.63) is 64.2 Å². The number of hydrogen-bond donors (Lipinski definition) is 1. The van der Waals surface area contributed by atoms with Gasteiger partial charge in [-0.25, -0.2) is 4.79 Å². The molecule has 0 atom stereocenters. The molecule has 0 saturated heterocycles. The van der Waals surface area contributed by atoms with Crippen molar-refractivity contribution in [1.82, 2.24) is 4.90 Å². The second kappa shape index (κ2) is 11.4. The highest BCUT2D eigenvalue weighted by Crippen LogP contribution is 2.32. The molecule has 0 unspecified atom stereocenters. The smallest absolute Gasteiger partial charge is 0.341 e. The Labute approximate surface area is 190 Å². The lowest BCUT2D eigenvalue weighted by Crippen LogP contribution is -2.28. The highest BCUT2D eigenvalue weighted by molar-refractivity contribution is 5.95. The summed E-state index contributed by atoms with van der Waals surface area (Å²) in [5.74, 6) is -0.352. The first-order valence-corrected chi connectivity index (χ1v) is 10.8. The average molecular weight is 440 g/mol. The fraction of sp³-hybridized carbons (Fsp3) is 0.385. The van der Waals surface area contributed by atoms with E-state index in [1.165, 1.54) is 5.56 Å². The maximum absolute atomic E-state index is 12.4. The number of aryl methyl sites for hydroxylation is 3. The SMILES string of the molecule is CCN(CC)C(=O)/C=C(\C)c1ccc(OCc2c(C)cc(C)cc2C)c(OCC(=O)O)c1. The standard InChI is InChI=1S/C26H33NO5/c1-7-27(8-2)25(28)13-18(4)21-9-10-23(24(14-21)32-16-26(29)30)31-15-22-19(5)11-17(3)12-20(22)6/h9-14H,7-8,15-16H2,1-6H3,(H,29,30)/b18-13+. The number of hydrogen-bond acceptors (Lipinski definition) is 4. The molecular formula is C26H33NO5. The van der Waals surface area contributed by atoms with Gasteiger partial charge in [-0.3, -0.25) is 4.79 Å². The second-order valence-electron chi connectivity index (χ2n) is 7.85. The number of benzene rings is 2. The fourth-order valence-corrected chi connectivity index (χ4v) is 3.61. The molecule has 0 aromatic heterocycles. The predicted molar refractivity (Wildman–Crippen MR) is 126 cm³/mol. The number of nitrogens with zero attached hydrogens (tertiary/aromatic N) is 1. The summed E-state index contributed by atoms with van der Waals surface area (Å²) in [5, 5.41) is 9.06. The van der Waals surface area contributed by atoms with Gasteiger partial charge in [-0.1, -0.05) is 23.8 Å². The molecule has 1 amide bonds. The zero-order valence-electron chi connectivity index (χ0n) is 19.8. The lowest BCUT2D eigenvalue weighted by Gasteiger charge is -2.18. The summed E-state index contributed by atoms with van der Waals surface area (Å²) in [4.78, 5) is 25.2. The van der Waals surface area contributed by atoms with Gasteiger partial charge in [0.25, 0.3) is 0 Å². The molecule has 6 heteroatoms. The highest BCUT2D eigenvalue weighted by atomic mass is 16.5.